The van der Waals surface area contributed by atoms with Crippen molar-refractivity contribution in [1.82, 2.24) is 10.2 Å². The highest BCUT2D eigenvalue weighted by atomic mass is 79.9. The van der Waals surface area contributed by atoms with Crippen LogP contribution in [0.3, 0.4) is 0 Å². The summed E-state index contributed by atoms with van der Waals surface area (Å²) in [4.78, 5) is 4.54. The zero-order valence-electron chi connectivity index (χ0n) is 14.3. The third kappa shape index (κ3) is 7.30. The van der Waals surface area contributed by atoms with E-state index in [0.29, 0.717) is 0 Å². The van der Waals surface area contributed by atoms with Crippen LogP contribution in [0.1, 0.15) is 32.8 Å². The highest BCUT2D eigenvalue weighted by Crippen LogP contribution is 2.27. The lowest BCUT2D eigenvalue weighted by atomic mass is 10.1. The number of rotatable bonds is 7. The van der Waals surface area contributed by atoms with Crippen molar-refractivity contribution in [3.63, 3.8) is 0 Å². The van der Waals surface area contributed by atoms with Crippen LogP contribution in [-0.2, 0) is 6.54 Å². The Balaban J connectivity index is 2.60. The summed E-state index contributed by atoms with van der Waals surface area (Å²) in [5.74, 6) is 0. The van der Waals surface area contributed by atoms with Gasteiger partial charge in [0.25, 0.3) is 0 Å². The Bertz CT molecular complexity index is 438. The van der Waals surface area contributed by atoms with Gasteiger partial charge >= 0.3 is 0 Å². The molecule has 4 heteroatoms. The summed E-state index contributed by atoms with van der Waals surface area (Å²) in [7, 11) is 6.39. The van der Waals surface area contributed by atoms with Crippen LogP contribution in [-0.4, -0.2) is 44.7 Å². The lowest BCUT2D eigenvalue weighted by molar-refractivity contribution is 0.401. The predicted molar refractivity (Wildman–Crippen MR) is 97.2 cm³/mol. The Kier molecular flexibility index (Phi) is 7.17. The van der Waals surface area contributed by atoms with Crippen molar-refractivity contribution >= 4 is 21.6 Å². The molecule has 0 aromatic heterocycles. The molecule has 0 atom stereocenters. The fourth-order valence-corrected chi connectivity index (χ4v) is 2.81. The Morgan fingerprint density at radius 1 is 1.10 bits per heavy atom. The van der Waals surface area contributed by atoms with Crippen LogP contribution in [0.2, 0.25) is 0 Å². The minimum atomic E-state index is 0.147. The van der Waals surface area contributed by atoms with Gasteiger partial charge in [-0.15, -0.1) is 0 Å². The van der Waals surface area contributed by atoms with Crippen LogP contribution in [0.5, 0.6) is 0 Å². The minimum absolute atomic E-state index is 0.147. The average Bonchev–Trinajstić information content (AvgIpc) is 2.35. The van der Waals surface area contributed by atoms with E-state index in [1.54, 1.807) is 0 Å². The summed E-state index contributed by atoms with van der Waals surface area (Å²) in [6.07, 6.45) is 1.17. The van der Waals surface area contributed by atoms with Gasteiger partial charge in [-0.3, -0.25) is 0 Å². The fraction of sp³-hybridized carbons (Fsp3) is 0.647. The van der Waals surface area contributed by atoms with Gasteiger partial charge in [0, 0.05) is 30.1 Å². The third-order valence-electron chi connectivity index (χ3n) is 3.35. The van der Waals surface area contributed by atoms with Crippen LogP contribution in [0.4, 0.5) is 5.69 Å². The standard InChI is InChI=1S/C17H30BrN3/c1-17(2,3)19-13-14-8-9-16(15(18)12-14)21(6)11-7-10-20(4)5/h8-9,12,19H,7,10-11,13H2,1-6H3. The molecule has 120 valence electrons. The first-order valence-electron chi connectivity index (χ1n) is 7.58. The summed E-state index contributed by atoms with van der Waals surface area (Å²) in [6.45, 7) is 9.65. The van der Waals surface area contributed by atoms with Crippen LogP contribution in [0.25, 0.3) is 0 Å². The van der Waals surface area contributed by atoms with E-state index in [9.17, 15) is 0 Å². The van der Waals surface area contributed by atoms with Crippen molar-refractivity contribution in [2.24, 2.45) is 0 Å². The second kappa shape index (κ2) is 8.16. The molecule has 0 amide bonds. The SMILES string of the molecule is CN(C)CCCN(C)c1ccc(CNC(C)(C)C)cc1Br. The molecule has 0 unspecified atom stereocenters. The number of nitrogens with zero attached hydrogens (tertiary/aromatic N) is 2. The van der Waals surface area contributed by atoms with Gasteiger partial charge < -0.3 is 15.1 Å². The average molecular weight is 356 g/mol. The summed E-state index contributed by atoms with van der Waals surface area (Å²) in [6, 6.07) is 6.64. The van der Waals surface area contributed by atoms with E-state index in [2.05, 4.69) is 91.2 Å². The highest BCUT2D eigenvalue weighted by Gasteiger charge is 2.10. The van der Waals surface area contributed by atoms with Gasteiger partial charge in [-0.05, 0) is 81.5 Å². The van der Waals surface area contributed by atoms with Gasteiger partial charge in [0.05, 0.1) is 5.69 Å². The van der Waals surface area contributed by atoms with Crippen molar-refractivity contribution in [2.75, 3.05) is 39.1 Å². The lowest BCUT2D eigenvalue weighted by Crippen LogP contribution is -2.35. The quantitative estimate of drug-likeness (QED) is 0.803. The van der Waals surface area contributed by atoms with Crippen molar-refractivity contribution < 1.29 is 0 Å². The van der Waals surface area contributed by atoms with Crippen LogP contribution in [0.15, 0.2) is 22.7 Å². The fourth-order valence-electron chi connectivity index (χ4n) is 2.08. The highest BCUT2D eigenvalue weighted by molar-refractivity contribution is 9.10. The van der Waals surface area contributed by atoms with Gasteiger partial charge in [0.2, 0.25) is 0 Å². The van der Waals surface area contributed by atoms with E-state index in [-0.39, 0.29) is 5.54 Å². The molecule has 1 rings (SSSR count). The number of halogens is 1. The maximum atomic E-state index is 3.71. The van der Waals surface area contributed by atoms with E-state index in [0.717, 1.165) is 19.6 Å². The largest absolute Gasteiger partial charge is 0.374 e. The van der Waals surface area contributed by atoms with E-state index >= 15 is 0 Å². The summed E-state index contributed by atoms with van der Waals surface area (Å²) < 4.78 is 1.17. The topological polar surface area (TPSA) is 18.5 Å². The molecular weight excluding hydrogens is 326 g/mol. The zero-order valence-corrected chi connectivity index (χ0v) is 15.9. The van der Waals surface area contributed by atoms with Gasteiger partial charge in [0.1, 0.15) is 0 Å². The van der Waals surface area contributed by atoms with Crippen molar-refractivity contribution in [3.8, 4) is 0 Å². The molecule has 21 heavy (non-hydrogen) atoms. The predicted octanol–water partition coefficient (Wildman–Crippen LogP) is 3.73. The number of nitrogens with one attached hydrogen (secondary N) is 1. The van der Waals surface area contributed by atoms with Crippen molar-refractivity contribution in [3.05, 3.63) is 28.2 Å². The first kappa shape index (κ1) is 18.5. The van der Waals surface area contributed by atoms with Crippen molar-refractivity contribution in [2.45, 2.75) is 39.3 Å². The summed E-state index contributed by atoms with van der Waals surface area (Å²) in [5.41, 5.74) is 2.71. The van der Waals surface area contributed by atoms with Crippen LogP contribution < -0.4 is 10.2 Å². The van der Waals surface area contributed by atoms with Gasteiger partial charge in [-0.1, -0.05) is 6.07 Å². The van der Waals surface area contributed by atoms with E-state index < -0.39 is 0 Å². The molecule has 0 aliphatic carbocycles. The Morgan fingerprint density at radius 3 is 2.29 bits per heavy atom. The van der Waals surface area contributed by atoms with Crippen molar-refractivity contribution in [1.29, 1.82) is 0 Å². The van der Waals surface area contributed by atoms with Gasteiger partial charge in [-0.2, -0.15) is 0 Å². The number of hydrogen-bond donors (Lipinski definition) is 1. The molecule has 0 aliphatic heterocycles. The second-order valence-electron chi connectivity index (χ2n) is 6.97. The monoisotopic (exact) mass is 355 g/mol. The number of benzene rings is 1. The minimum Gasteiger partial charge on any atom is -0.374 e. The first-order valence-corrected chi connectivity index (χ1v) is 8.37. The van der Waals surface area contributed by atoms with Gasteiger partial charge in [0.15, 0.2) is 0 Å². The first-order chi connectivity index (χ1) is 9.69. The van der Waals surface area contributed by atoms with E-state index in [4.69, 9.17) is 0 Å². The summed E-state index contributed by atoms with van der Waals surface area (Å²) in [5, 5.41) is 3.52. The third-order valence-corrected chi connectivity index (χ3v) is 3.98. The Hall–Kier alpha value is -0.580. The molecule has 1 N–H and O–H groups in total. The molecule has 0 fully saturated rings. The molecule has 1 aromatic carbocycles. The molecule has 0 heterocycles. The number of hydrogen-bond acceptors (Lipinski definition) is 3. The normalized spacial score (nSPS) is 12.0. The molecule has 0 aliphatic rings. The molecule has 0 spiro atoms. The van der Waals surface area contributed by atoms with E-state index in [1.165, 1.54) is 22.1 Å². The van der Waals surface area contributed by atoms with E-state index in [1.807, 2.05) is 0 Å². The molecular formula is C17H30BrN3. The summed E-state index contributed by atoms with van der Waals surface area (Å²) >= 11 is 3.71. The molecule has 0 radical (unpaired) electrons. The van der Waals surface area contributed by atoms with Crippen LogP contribution >= 0.6 is 15.9 Å². The molecule has 0 saturated carbocycles. The second-order valence-corrected chi connectivity index (χ2v) is 7.82. The smallest absolute Gasteiger partial charge is 0.0508 e. The molecule has 0 saturated heterocycles. The Labute approximate surface area is 138 Å². The van der Waals surface area contributed by atoms with Gasteiger partial charge in [-0.25, -0.2) is 0 Å². The molecule has 1 aromatic rings. The molecule has 3 nitrogen and oxygen atoms in total. The van der Waals surface area contributed by atoms with Crippen LogP contribution in [0, 0.1) is 0 Å². The maximum absolute atomic E-state index is 3.71. The Morgan fingerprint density at radius 2 is 1.76 bits per heavy atom. The maximum Gasteiger partial charge on any atom is 0.0508 e. The zero-order chi connectivity index (χ0) is 16.0. The number of anilines is 1. The lowest BCUT2D eigenvalue weighted by Gasteiger charge is -2.23. The molecule has 0 bridgehead atoms.